The fourth-order valence-corrected chi connectivity index (χ4v) is 3.73. The van der Waals surface area contributed by atoms with Crippen LogP contribution in [0.3, 0.4) is 0 Å². The van der Waals surface area contributed by atoms with Crippen LogP contribution in [0.4, 0.5) is 0 Å². The highest BCUT2D eigenvalue weighted by atomic mass is 16.5. The van der Waals surface area contributed by atoms with Crippen LogP contribution in [0.15, 0.2) is 34.9 Å². The number of ether oxygens (including phenoxy) is 1. The zero-order valence-corrected chi connectivity index (χ0v) is 16.1. The summed E-state index contributed by atoms with van der Waals surface area (Å²) in [5, 5.41) is 13.3. The van der Waals surface area contributed by atoms with Gasteiger partial charge in [-0.3, -0.25) is 0 Å². The fourth-order valence-electron chi connectivity index (χ4n) is 3.73. The standard InChI is InChI=1S/C20H27N5O3/c1-2-13-8-16(23-14-4-5-14)18-20(24-19(13)21)25(11-22-18)15-6-3-12(7-15)10-28-17(27)9-26/h3,6,11-12,14-15,23,26H,2,4-5,7-10,21H2,1H3/t12-,15+/m1/s1. The summed E-state index contributed by atoms with van der Waals surface area (Å²) in [6.45, 7) is 1.77. The lowest BCUT2D eigenvalue weighted by atomic mass is 10.1. The molecule has 28 heavy (non-hydrogen) atoms. The van der Waals surface area contributed by atoms with Gasteiger partial charge in [-0.05, 0) is 31.3 Å². The molecule has 1 aromatic rings. The van der Waals surface area contributed by atoms with E-state index in [9.17, 15) is 4.79 Å². The first-order chi connectivity index (χ1) is 13.6. The third kappa shape index (κ3) is 3.82. The summed E-state index contributed by atoms with van der Waals surface area (Å²) in [7, 11) is 0. The average molecular weight is 385 g/mol. The molecule has 150 valence electrons. The molecule has 0 unspecified atom stereocenters. The average Bonchev–Trinajstić information content (AvgIpc) is 3.26. The number of allylic oxidation sites excluding steroid dienone is 1. The lowest BCUT2D eigenvalue weighted by Gasteiger charge is -2.13. The highest BCUT2D eigenvalue weighted by molar-refractivity contribution is 5.70. The molecule has 0 amide bonds. The Kier molecular flexibility index (Phi) is 5.21. The lowest BCUT2D eigenvalue weighted by Crippen LogP contribution is -2.37. The number of hydrogen-bond acceptors (Lipinski definition) is 7. The van der Waals surface area contributed by atoms with E-state index in [-0.39, 0.29) is 18.6 Å². The van der Waals surface area contributed by atoms with Gasteiger partial charge in [0.25, 0.3) is 0 Å². The number of aliphatic hydroxyl groups excluding tert-OH is 1. The third-order valence-electron chi connectivity index (χ3n) is 5.51. The second-order valence-electron chi connectivity index (χ2n) is 7.64. The molecule has 1 saturated carbocycles. The predicted octanol–water partition coefficient (Wildman–Crippen LogP) is -0.000400. The molecule has 2 heterocycles. The zero-order valence-electron chi connectivity index (χ0n) is 16.1. The number of esters is 1. The minimum absolute atomic E-state index is 0.0796. The fraction of sp³-hybridized carbons (Fsp3) is 0.550. The normalized spacial score (nSPS) is 24.0. The highest BCUT2D eigenvalue weighted by Gasteiger charge is 2.26. The smallest absolute Gasteiger partial charge is 0.331 e. The Balaban J connectivity index is 1.62. The molecule has 8 nitrogen and oxygen atoms in total. The maximum absolute atomic E-state index is 11.2. The van der Waals surface area contributed by atoms with Crippen LogP contribution in [-0.4, -0.2) is 39.9 Å². The molecular weight excluding hydrogens is 358 g/mol. The topological polar surface area (TPSA) is 115 Å². The molecule has 0 spiro atoms. The van der Waals surface area contributed by atoms with Crippen molar-refractivity contribution in [2.45, 2.75) is 51.1 Å². The SMILES string of the molecule is CCC1=C(N)N=c2c(ncn2[C@H]2C=C[C@@H](COC(=O)CO)C2)=C(NC2CC2)C1. The second kappa shape index (κ2) is 7.79. The van der Waals surface area contributed by atoms with E-state index in [4.69, 9.17) is 20.6 Å². The quantitative estimate of drug-likeness (QED) is 0.450. The number of carbonyl (C=O) groups excluding carboxylic acids is 1. The number of nitrogens with zero attached hydrogens (tertiary/aromatic N) is 3. The van der Waals surface area contributed by atoms with E-state index in [1.165, 1.54) is 12.8 Å². The number of imidazole rings is 1. The molecule has 1 aliphatic heterocycles. The van der Waals surface area contributed by atoms with Crippen LogP contribution in [-0.2, 0) is 9.53 Å². The second-order valence-corrected chi connectivity index (χ2v) is 7.64. The number of nitrogens with two attached hydrogens (primary N) is 1. The van der Waals surface area contributed by atoms with Crippen LogP contribution in [0.2, 0.25) is 0 Å². The predicted molar refractivity (Wildman–Crippen MR) is 103 cm³/mol. The maximum atomic E-state index is 11.2. The van der Waals surface area contributed by atoms with Gasteiger partial charge in [-0.2, -0.15) is 0 Å². The van der Waals surface area contributed by atoms with Gasteiger partial charge < -0.3 is 25.5 Å². The van der Waals surface area contributed by atoms with E-state index in [2.05, 4.69) is 27.9 Å². The van der Waals surface area contributed by atoms with Gasteiger partial charge in [0.1, 0.15) is 17.8 Å². The molecule has 1 aromatic heterocycles. The molecular formula is C20H27N5O3. The van der Waals surface area contributed by atoms with Crippen molar-refractivity contribution in [1.82, 2.24) is 14.9 Å². The molecule has 3 aliphatic rings. The highest BCUT2D eigenvalue weighted by Crippen LogP contribution is 2.27. The summed E-state index contributed by atoms with van der Waals surface area (Å²) in [4.78, 5) is 20.6. The minimum Gasteiger partial charge on any atom is -0.463 e. The van der Waals surface area contributed by atoms with Gasteiger partial charge in [-0.15, -0.1) is 0 Å². The summed E-state index contributed by atoms with van der Waals surface area (Å²) < 4.78 is 7.11. The number of nitrogens with one attached hydrogen (secondary N) is 1. The van der Waals surface area contributed by atoms with E-state index in [1.54, 1.807) is 0 Å². The van der Waals surface area contributed by atoms with Crippen molar-refractivity contribution in [3.63, 3.8) is 0 Å². The lowest BCUT2D eigenvalue weighted by molar-refractivity contribution is -0.147. The Morgan fingerprint density at radius 3 is 2.96 bits per heavy atom. The van der Waals surface area contributed by atoms with Crippen LogP contribution in [0.5, 0.6) is 0 Å². The van der Waals surface area contributed by atoms with Gasteiger partial charge in [0.2, 0.25) is 0 Å². The number of fused-ring (bicyclic) bond motifs is 1. The molecule has 1 fully saturated rings. The first-order valence-corrected chi connectivity index (χ1v) is 9.92. The van der Waals surface area contributed by atoms with Crippen molar-refractivity contribution in [2.75, 3.05) is 13.2 Å². The Morgan fingerprint density at radius 1 is 1.43 bits per heavy atom. The Bertz CT molecular complexity index is 942. The molecule has 2 atom stereocenters. The van der Waals surface area contributed by atoms with Crippen molar-refractivity contribution in [2.24, 2.45) is 16.6 Å². The molecule has 4 rings (SSSR count). The molecule has 2 aliphatic carbocycles. The molecule has 8 heteroatoms. The summed E-state index contributed by atoms with van der Waals surface area (Å²) >= 11 is 0. The summed E-state index contributed by atoms with van der Waals surface area (Å²) in [6, 6.07) is 0.610. The van der Waals surface area contributed by atoms with Gasteiger partial charge in [0, 0.05) is 24.1 Å². The molecule has 0 saturated heterocycles. The van der Waals surface area contributed by atoms with E-state index in [0.717, 1.165) is 41.4 Å². The third-order valence-corrected chi connectivity index (χ3v) is 5.51. The van der Waals surface area contributed by atoms with Crippen molar-refractivity contribution in [1.29, 1.82) is 0 Å². The van der Waals surface area contributed by atoms with Gasteiger partial charge >= 0.3 is 5.97 Å². The number of carbonyl (C=O) groups is 1. The first kappa shape index (κ1) is 18.7. The molecule has 0 radical (unpaired) electrons. The zero-order chi connectivity index (χ0) is 19.7. The minimum atomic E-state index is -0.598. The van der Waals surface area contributed by atoms with Crippen LogP contribution in [0, 0.1) is 5.92 Å². The number of aromatic nitrogens is 2. The van der Waals surface area contributed by atoms with E-state index in [1.807, 2.05) is 12.4 Å². The largest absolute Gasteiger partial charge is 0.463 e. The Labute approximate surface area is 163 Å². The van der Waals surface area contributed by atoms with E-state index in [0.29, 0.717) is 11.9 Å². The summed E-state index contributed by atoms with van der Waals surface area (Å²) in [5.41, 5.74) is 9.31. The summed E-state index contributed by atoms with van der Waals surface area (Å²) in [5.74, 6) is 0.0868. The monoisotopic (exact) mass is 385 g/mol. The van der Waals surface area contributed by atoms with Crippen molar-refractivity contribution in [3.8, 4) is 0 Å². The molecule has 0 bridgehead atoms. The van der Waals surface area contributed by atoms with Crippen LogP contribution in [0.25, 0.3) is 5.70 Å². The van der Waals surface area contributed by atoms with Crippen LogP contribution >= 0.6 is 0 Å². The van der Waals surface area contributed by atoms with Crippen molar-refractivity contribution >= 4 is 11.7 Å². The van der Waals surface area contributed by atoms with Gasteiger partial charge in [-0.1, -0.05) is 19.1 Å². The Morgan fingerprint density at radius 2 is 2.25 bits per heavy atom. The number of aliphatic hydroxyl groups is 1. The van der Waals surface area contributed by atoms with E-state index < -0.39 is 12.6 Å². The van der Waals surface area contributed by atoms with Gasteiger partial charge in [-0.25, -0.2) is 14.8 Å². The van der Waals surface area contributed by atoms with Gasteiger partial charge in [0.15, 0.2) is 5.49 Å². The molecule has 4 N–H and O–H groups in total. The van der Waals surface area contributed by atoms with Crippen LogP contribution in [0.1, 0.15) is 45.1 Å². The van der Waals surface area contributed by atoms with Gasteiger partial charge in [0.05, 0.1) is 19.0 Å². The number of rotatable bonds is 7. The maximum Gasteiger partial charge on any atom is 0.331 e. The van der Waals surface area contributed by atoms with Crippen molar-refractivity contribution in [3.05, 3.63) is 40.7 Å². The van der Waals surface area contributed by atoms with Crippen LogP contribution < -0.4 is 21.9 Å². The Hall–Kier alpha value is -2.61. The van der Waals surface area contributed by atoms with Crippen molar-refractivity contribution < 1.29 is 14.6 Å². The molecule has 0 aromatic carbocycles. The summed E-state index contributed by atoms with van der Waals surface area (Å²) in [6.07, 6.45) is 10.7. The van der Waals surface area contributed by atoms with E-state index >= 15 is 0 Å². The first-order valence-electron chi connectivity index (χ1n) is 9.92. The number of hydrogen-bond donors (Lipinski definition) is 3.